The Balaban J connectivity index is 0.602. The molecule has 0 bridgehead atoms. The molecular weight excluding hydrogens is 891 g/mol. The summed E-state index contributed by atoms with van der Waals surface area (Å²) >= 11 is 0. The monoisotopic (exact) mass is 947 g/mol. The van der Waals surface area contributed by atoms with Gasteiger partial charge in [0, 0.05) is 106 Å². The van der Waals surface area contributed by atoms with E-state index in [1.807, 2.05) is 31.5 Å². The van der Waals surface area contributed by atoms with Crippen molar-refractivity contribution in [3.8, 4) is 0 Å². The number of benzene rings is 2. The van der Waals surface area contributed by atoms with Gasteiger partial charge in [0.05, 0.1) is 17.5 Å². The standard InChI is InChI=1S/C51H57N13O6/c1-31-3-2-4-41(55-31)47(66)57-35-25-38(26-35)63-30-54-44-45(52-29-53-46(44)63)56-34-5-7-36(8-6-34)61-23-21-59(22-24-61)28-32-13-17-62(18-14-32)49(68)33-15-19-60(20-16-33)37-9-10-39-40(27-37)51(70)64(50(39)69)42-11-12-43(65)58-48(42)67/h2-10,27,29-30,32-33,35,38,42H,11-26,28H2,1H3,(H,57,66)(H,52,53,56)(H,58,65,67)/t35?,38?,42-/m0/s1. The molecule has 5 aliphatic heterocycles. The molecule has 3 aromatic heterocycles. The lowest BCUT2D eigenvalue weighted by Gasteiger charge is -2.41. The van der Waals surface area contributed by atoms with Crippen molar-refractivity contribution in [3.63, 3.8) is 0 Å². The van der Waals surface area contributed by atoms with Crippen LogP contribution in [0.4, 0.5) is 22.9 Å². The van der Waals surface area contributed by atoms with E-state index in [1.54, 1.807) is 24.5 Å². The maximum Gasteiger partial charge on any atom is 0.270 e. The summed E-state index contributed by atoms with van der Waals surface area (Å²) in [6.45, 7) is 9.69. The summed E-state index contributed by atoms with van der Waals surface area (Å²) in [7, 11) is 0. The van der Waals surface area contributed by atoms with Crippen LogP contribution in [0.15, 0.2) is 73.3 Å². The zero-order valence-corrected chi connectivity index (χ0v) is 39.3. The molecule has 362 valence electrons. The fourth-order valence-corrected chi connectivity index (χ4v) is 11.2. The largest absolute Gasteiger partial charge is 0.371 e. The molecule has 0 spiro atoms. The summed E-state index contributed by atoms with van der Waals surface area (Å²) in [4.78, 5) is 105. The number of piperazine rings is 1. The predicted molar refractivity (Wildman–Crippen MR) is 260 cm³/mol. The molecule has 6 aliphatic rings. The Kier molecular flexibility index (Phi) is 12.2. The highest BCUT2D eigenvalue weighted by Crippen LogP contribution is 2.36. The number of amides is 6. The SMILES string of the molecule is Cc1cccc(C(=O)NC2CC(n3cnc4c(Nc5ccc(N6CCN(CC7CCN(C(=O)C8CCN(c9ccc%10c(c9)C(=O)N([C@H]9CCC(=O)NC9=O)C%10=O)CC8)CC7)CC6)cc5)ncnc43)C2)n1. The lowest BCUT2D eigenvalue weighted by molar-refractivity contribution is -0.138. The Bertz CT molecular complexity index is 2860. The molecule has 70 heavy (non-hydrogen) atoms. The first-order chi connectivity index (χ1) is 34.0. The fraction of sp³-hybridized carbons (Fsp3) is 0.451. The number of aryl methyl sites for hydroxylation is 1. The third kappa shape index (κ3) is 8.93. The number of carbonyl (C=O) groups is 6. The van der Waals surface area contributed by atoms with Crippen molar-refractivity contribution < 1.29 is 28.8 Å². The molecule has 1 atom stereocenters. The van der Waals surface area contributed by atoms with Crippen LogP contribution in [0.2, 0.25) is 0 Å². The Morgan fingerprint density at radius 3 is 2.23 bits per heavy atom. The molecule has 5 fully saturated rings. The molecule has 6 amide bonds. The quantitative estimate of drug-likeness (QED) is 0.159. The van der Waals surface area contributed by atoms with Gasteiger partial charge in [-0.15, -0.1) is 0 Å². The van der Waals surface area contributed by atoms with E-state index in [4.69, 9.17) is 0 Å². The summed E-state index contributed by atoms with van der Waals surface area (Å²) in [5.41, 5.74) is 6.15. The first-order valence-corrected chi connectivity index (χ1v) is 24.7. The Labute approximate surface area is 405 Å². The summed E-state index contributed by atoms with van der Waals surface area (Å²) in [5.74, 6) is -0.811. The minimum Gasteiger partial charge on any atom is -0.371 e. The molecule has 8 heterocycles. The highest BCUT2D eigenvalue weighted by molar-refractivity contribution is 6.23. The molecule has 19 nitrogen and oxygen atoms in total. The zero-order valence-electron chi connectivity index (χ0n) is 39.3. The number of carbonyl (C=O) groups excluding carboxylic acids is 6. The lowest BCUT2D eigenvalue weighted by atomic mass is 9.86. The minimum atomic E-state index is -0.997. The second-order valence-electron chi connectivity index (χ2n) is 19.7. The number of anilines is 4. The van der Waals surface area contributed by atoms with Gasteiger partial charge in [0.15, 0.2) is 17.0 Å². The van der Waals surface area contributed by atoms with Crippen LogP contribution in [0.25, 0.3) is 11.2 Å². The molecule has 3 N–H and O–H groups in total. The van der Waals surface area contributed by atoms with Crippen LogP contribution < -0.4 is 25.8 Å². The number of hydrogen-bond acceptors (Lipinski definition) is 14. The second-order valence-corrected chi connectivity index (χ2v) is 19.7. The van der Waals surface area contributed by atoms with Crippen molar-refractivity contribution in [1.29, 1.82) is 0 Å². The Hall–Kier alpha value is -7.28. The number of fused-ring (bicyclic) bond motifs is 2. The Morgan fingerprint density at radius 2 is 1.49 bits per heavy atom. The fourth-order valence-electron chi connectivity index (χ4n) is 11.2. The van der Waals surface area contributed by atoms with Gasteiger partial charge in [0.1, 0.15) is 18.1 Å². The maximum absolute atomic E-state index is 13.7. The van der Waals surface area contributed by atoms with Crippen LogP contribution in [0.1, 0.15) is 94.3 Å². The maximum atomic E-state index is 13.7. The number of nitrogens with one attached hydrogen (secondary N) is 3. The van der Waals surface area contributed by atoms with E-state index in [-0.39, 0.29) is 53.8 Å². The number of hydrogen-bond donors (Lipinski definition) is 3. The molecule has 1 aliphatic carbocycles. The third-order valence-corrected chi connectivity index (χ3v) is 15.3. The summed E-state index contributed by atoms with van der Waals surface area (Å²) in [6, 6.07) is 18.4. The number of pyridine rings is 1. The molecule has 5 aromatic rings. The highest BCUT2D eigenvalue weighted by Gasteiger charge is 2.45. The first-order valence-electron chi connectivity index (χ1n) is 24.7. The van der Waals surface area contributed by atoms with Gasteiger partial charge in [-0.3, -0.25) is 43.9 Å². The predicted octanol–water partition coefficient (Wildman–Crippen LogP) is 4.09. The van der Waals surface area contributed by atoms with Crippen molar-refractivity contribution in [3.05, 3.63) is 95.8 Å². The van der Waals surface area contributed by atoms with Crippen LogP contribution >= 0.6 is 0 Å². The third-order valence-electron chi connectivity index (χ3n) is 15.3. The van der Waals surface area contributed by atoms with E-state index >= 15 is 0 Å². The van der Waals surface area contributed by atoms with Crippen molar-refractivity contribution in [2.24, 2.45) is 11.8 Å². The van der Waals surface area contributed by atoms with Gasteiger partial charge in [-0.2, -0.15) is 0 Å². The molecular formula is C51H57N13O6. The van der Waals surface area contributed by atoms with Crippen LogP contribution in [0, 0.1) is 18.8 Å². The molecule has 11 rings (SSSR count). The first kappa shape index (κ1) is 45.2. The van der Waals surface area contributed by atoms with E-state index in [2.05, 4.69) is 84.3 Å². The van der Waals surface area contributed by atoms with Crippen molar-refractivity contribution in [2.45, 2.75) is 76.4 Å². The van der Waals surface area contributed by atoms with E-state index in [9.17, 15) is 28.8 Å². The van der Waals surface area contributed by atoms with Crippen LogP contribution in [-0.4, -0.2) is 146 Å². The molecule has 0 unspecified atom stereocenters. The van der Waals surface area contributed by atoms with Crippen molar-refractivity contribution >= 4 is 69.5 Å². The van der Waals surface area contributed by atoms with Gasteiger partial charge in [-0.1, -0.05) is 6.07 Å². The van der Waals surface area contributed by atoms with Gasteiger partial charge in [0.2, 0.25) is 17.7 Å². The topological polar surface area (TPSA) is 211 Å². The number of aromatic nitrogens is 5. The number of piperidine rings is 3. The molecule has 1 saturated carbocycles. The normalized spacial score (nSPS) is 22.6. The van der Waals surface area contributed by atoms with Crippen LogP contribution in [0.3, 0.4) is 0 Å². The summed E-state index contributed by atoms with van der Waals surface area (Å²) in [6.07, 6.45) is 8.58. The van der Waals surface area contributed by atoms with Crippen LogP contribution in [0.5, 0.6) is 0 Å². The van der Waals surface area contributed by atoms with E-state index in [0.717, 1.165) is 99.1 Å². The van der Waals surface area contributed by atoms with Gasteiger partial charge in [-0.05, 0) is 112 Å². The van der Waals surface area contributed by atoms with E-state index in [1.165, 1.54) is 5.69 Å². The average molecular weight is 948 g/mol. The Morgan fingerprint density at radius 1 is 0.757 bits per heavy atom. The molecule has 0 radical (unpaired) electrons. The second kappa shape index (κ2) is 18.9. The highest BCUT2D eigenvalue weighted by atomic mass is 16.2. The van der Waals surface area contributed by atoms with E-state index in [0.29, 0.717) is 48.9 Å². The summed E-state index contributed by atoms with van der Waals surface area (Å²) in [5, 5.41) is 8.79. The number of imide groups is 2. The van der Waals surface area contributed by atoms with Crippen molar-refractivity contribution in [2.75, 3.05) is 74.0 Å². The van der Waals surface area contributed by atoms with Gasteiger partial charge in [0.25, 0.3) is 17.7 Å². The van der Waals surface area contributed by atoms with Gasteiger partial charge >= 0.3 is 0 Å². The number of rotatable bonds is 11. The molecule has 19 heteroatoms. The number of imidazole rings is 1. The van der Waals surface area contributed by atoms with Crippen LogP contribution in [-0.2, 0) is 14.4 Å². The number of nitrogens with zero attached hydrogens (tertiary/aromatic N) is 10. The smallest absolute Gasteiger partial charge is 0.270 e. The summed E-state index contributed by atoms with van der Waals surface area (Å²) < 4.78 is 2.08. The van der Waals surface area contributed by atoms with Gasteiger partial charge in [-0.25, -0.2) is 19.9 Å². The van der Waals surface area contributed by atoms with Crippen molar-refractivity contribution in [1.82, 2.24) is 49.8 Å². The average Bonchev–Trinajstić information content (AvgIpc) is 3.90. The molecule has 2 aromatic carbocycles. The molecule has 4 saturated heterocycles. The minimum absolute atomic E-state index is 0.0439. The van der Waals surface area contributed by atoms with Gasteiger partial charge < -0.3 is 29.9 Å². The number of likely N-dealkylation sites (tertiary alicyclic amines) is 1. The lowest BCUT2D eigenvalue weighted by Crippen LogP contribution is -2.54. The van der Waals surface area contributed by atoms with E-state index < -0.39 is 29.7 Å². The zero-order chi connectivity index (χ0) is 48.0.